The van der Waals surface area contributed by atoms with Gasteiger partial charge in [-0.1, -0.05) is 17.7 Å². The number of aliphatic hydroxyl groups is 2. The zero-order valence-corrected chi connectivity index (χ0v) is 17.9. The van der Waals surface area contributed by atoms with E-state index in [2.05, 4.69) is 20.4 Å². The third-order valence-electron chi connectivity index (χ3n) is 4.96. The van der Waals surface area contributed by atoms with Crippen molar-refractivity contribution in [2.24, 2.45) is 0 Å². The maximum absolute atomic E-state index is 12.9. The number of hydroxylamine groups is 1. The second-order valence-electron chi connectivity index (χ2n) is 7.07. The number of aromatic nitrogens is 4. The third-order valence-corrected chi connectivity index (χ3v) is 6.29. The van der Waals surface area contributed by atoms with E-state index in [1.807, 2.05) is 6.92 Å². The van der Waals surface area contributed by atoms with Gasteiger partial charge in [-0.05, 0) is 19.1 Å². The Morgan fingerprint density at radius 3 is 2.66 bits per heavy atom. The quantitative estimate of drug-likeness (QED) is 0.253. The molecule has 13 nitrogen and oxygen atoms in total. The normalized spacial score (nSPS) is 23.6. The Hall–Kier alpha value is -2.88. The fourth-order valence-electron chi connectivity index (χ4n) is 3.39. The number of nitrogen functional groups attached to an aromatic ring is 1. The highest BCUT2D eigenvalue weighted by molar-refractivity contribution is 7.86. The van der Waals surface area contributed by atoms with Crippen LogP contribution in [0.25, 0.3) is 11.2 Å². The first-order valence-corrected chi connectivity index (χ1v) is 10.9. The minimum Gasteiger partial charge on any atom is -0.394 e. The molecule has 2 aromatic heterocycles. The number of nitrogens with two attached hydrogens (primary N) is 1. The average Bonchev–Trinajstić information content (AvgIpc) is 3.27. The first kappa shape index (κ1) is 22.3. The van der Waals surface area contributed by atoms with E-state index in [0.717, 1.165) is 5.56 Å². The van der Waals surface area contributed by atoms with Crippen LogP contribution in [0.3, 0.4) is 0 Å². The van der Waals surface area contributed by atoms with E-state index < -0.39 is 41.3 Å². The van der Waals surface area contributed by atoms with Crippen LogP contribution in [-0.2, 0) is 19.0 Å². The minimum absolute atomic E-state index is 0.0525. The number of nitrogens with zero attached hydrogens (tertiary/aromatic N) is 4. The Morgan fingerprint density at radius 2 is 2.00 bits per heavy atom. The lowest BCUT2D eigenvalue weighted by molar-refractivity contribution is -0.0524. The first-order chi connectivity index (χ1) is 15.3. The maximum atomic E-state index is 12.9. The number of aliphatic hydroxyl groups excluding tert-OH is 2. The first-order valence-electron chi connectivity index (χ1n) is 9.53. The number of anilines is 1. The topological polar surface area (TPSA) is 184 Å². The van der Waals surface area contributed by atoms with Gasteiger partial charge in [0.05, 0.1) is 11.5 Å². The molecule has 0 radical (unpaired) electrons. The van der Waals surface area contributed by atoms with Gasteiger partial charge in [0.15, 0.2) is 29.3 Å². The molecule has 4 rings (SSSR count). The number of imidazole rings is 1. The van der Waals surface area contributed by atoms with Crippen molar-refractivity contribution in [1.82, 2.24) is 25.0 Å². The Morgan fingerprint density at radius 1 is 1.28 bits per heavy atom. The summed E-state index contributed by atoms with van der Waals surface area (Å²) in [6.45, 7) is 1.22. The van der Waals surface area contributed by atoms with Crippen LogP contribution in [0.4, 0.5) is 5.82 Å². The standard InChI is InChI=1S/C18H22N6O7S/c1-9-3-5-10(6-4-9)32(27,28)31-14-13(26)11(7-25)29-17(14)24-16-12(15(19)21-8-22-16)23-18(24)30-20-2/h3-6,8,11,13-14,17,20,25-26H,7H2,1-2H3,(H2,19,21,22)/t11-,13-,14-,17-/m1/s1. The predicted molar refractivity (Wildman–Crippen MR) is 110 cm³/mol. The van der Waals surface area contributed by atoms with Gasteiger partial charge < -0.3 is 25.5 Å². The molecule has 5 N–H and O–H groups in total. The molecule has 1 aliphatic heterocycles. The predicted octanol–water partition coefficient (Wildman–Crippen LogP) is -0.745. The van der Waals surface area contributed by atoms with Gasteiger partial charge in [0, 0.05) is 7.05 Å². The molecule has 0 spiro atoms. The van der Waals surface area contributed by atoms with Crippen molar-refractivity contribution in [3.05, 3.63) is 36.2 Å². The van der Waals surface area contributed by atoms with E-state index in [1.165, 1.54) is 30.1 Å². The summed E-state index contributed by atoms with van der Waals surface area (Å²) in [6, 6.07) is 5.93. The van der Waals surface area contributed by atoms with Crippen LogP contribution in [0.1, 0.15) is 11.8 Å². The van der Waals surface area contributed by atoms with Crippen molar-refractivity contribution in [2.75, 3.05) is 19.4 Å². The number of rotatable bonds is 7. The van der Waals surface area contributed by atoms with E-state index in [4.69, 9.17) is 19.5 Å². The van der Waals surface area contributed by atoms with Gasteiger partial charge in [-0.3, -0.25) is 4.18 Å². The molecule has 0 aliphatic carbocycles. The van der Waals surface area contributed by atoms with E-state index in [-0.39, 0.29) is 27.9 Å². The van der Waals surface area contributed by atoms with Crippen molar-refractivity contribution >= 4 is 27.1 Å². The average molecular weight is 466 g/mol. The lowest BCUT2D eigenvalue weighted by Gasteiger charge is -2.22. The molecule has 3 heterocycles. The van der Waals surface area contributed by atoms with Gasteiger partial charge in [-0.15, -0.1) is 0 Å². The van der Waals surface area contributed by atoms with Crippen molar-refractivity contribution in [3.63, 3.8) is 0 Å². The molecule has 1 saturated heterocycles. The van der Waals surface area contributed by atoms with Crippen LogP contribution in [-0.4, -0.2) is 70.1 Å². The van der Waals surface area contributed by atoms with Gasteiger partial charge in [0.1, 0.15) is 18.5 Å². The summed E-state index contributed by atoms with van der Waals surface area (Å²) in [5.74, 6) is 0.0525. The number of hydrogen-bond acceptors (Lipinski definition) is 12. The third kappa shape index (κ3) is 3.87. The molecule has 4 atom stereocenters. The molecule has 32 heavy (non-hydrogen) atoms. The van der Waals surface area contributed by atoms with Crippen LogP contribution in [0.2, 0.25) is 0 Å². The second-order valence-corrected chi connectivity index (χ2v) is 8.64. The van der Waals surface area contributed by atoms with Gasteiger partial charge in [-0.2, -0.15) is 18.9 Å². The van der Waals surface area contributed by atoms with Crippen LogP contribution >= 0.6 is 0 Å². The smallest absolute Gasteiger partial charge is 0.320 e. The van der Waals surface area contributed by atoms with Crippen molar-refractivity contribution < 1.29 is 32.4 Å². The summed E-state index contributed by atoms with van der Waals surface area (Å²) in [5, 5.41) is 20.3. The Balaban J connectivity index is 1.80. The SMILES string of the molecule is CNOc1nc2c(N)ncnc2n1[C@@H]1O[C@H](CO)[C@@H](O)[C@H]1OS(=O)(=O)c1ccc(C)cc1. The lowest BCUT2D eigenvalue weighted by atomic mass is 10.1. The number of hydrogen-bond donors (Lipinski definition) is 4. The maximum Gasteiger partial charge on any atom is 0.320 e. The summed E-state index contributed by atoms with van der Waals surface area (Å²) >= 11 is 0. The number of benzene rings is 1. The summed E-state index contributed by atoms with van der Waals surface area (Å²) in [5.41, 5.74) is 9.52. The zero-order valence-electron chi connectivity index (χ0n) is 17.1. The number of aryl methyl sites for hydroxylation is 1. The van der Waals surface area contributed by atoms with E-state index >= 15 is 0 Å². The molecule has 1 fully saturated rings. The molecule has 172 valence electrons. The largest absolute Gasteiger partial charge is 0.394 e. The molecule has 3 aromatic rings. The molecule has 0 bridgehead atoms. The summed E-state index contributed by atoms with van der Waals surface area (Å²) in [4.78, 5) is 17.5. The van der Waals surface area contributed by atoms with Gasteiger partial charge >= 0.3 is 6.01 Å². The Bertz CT molecular complexity index is 1220. The fourth-order valence-corrected chi connectivity index (χ4v) is 4.47. The van der Waals surface area contributed by atoms with E-state index in [0.29, 0.717) is 0 Å². The summed E-state index contributed by atoms with van der Waals surface area (Å²) < 4.78 is 38.3. The zero-order chi connectivity index (χ0) is 23.0. The van der Waals surface area contributed by atoms with E-state index in [9.17, 15) is 18.6 Å². The van der Waals surface area contributed by atoms with Crippen LogP contribution < -0.4 is 16.1 Å². The molecule has 0 amide bonds. The highest BCUT2D eigenvalue weighted by Gasteiger charge is 2.49. The molecule has 0 unspecified atom stereocenters. The second kappa shape index (κ2) is 8.57. The number of fused-ring (bicyclic) bond motifs is 1. The minimum atomic E-state index is -4.30. The molecular weight excluding hydrogens is 444 g/mol. The van der Waals surface area contributed by atoms with Crippen LogP contribution in [0.15, 0.2) is 35.5 Å². The number of ether oxygens (including phenoxy) is 1. The molecule has 1 aromatic carbocycles. The highest BCUT2D eigenvalue weighted by Crippen LogP contribution is 2.38. The summed E-state index contributed by atoms with van der Waals surface area (Å²) in [7, 11) is -2.82. The molecule has 1 aliphatic rings. The molecule has 14 heteroatoms. The fraction of sp³-hybridized carbons (Fsp3) is 0.389. The van der Waals surface area contributed by atoms with Gasteiger partial charge in [-0.25, -0.2) is 14.5 Å². The molecule has 0 saturated carbocycles. The van der Waals surface area contributed by atoms with Crippen molar-refractivity contribution in [1.29, 1.82) is 0 Å². The van der Waals surface area contributed by atoms with Gasteiger partial charge in [0.2, 0.25) is 0 Å². The van der Waals surface area contributed by atoms with Gasteiger partial charge in [0.25, 0.3) is 10.1 Å². The molecular formula is C18H22N6O7S. The van der Waals surface area contributed by atoms with Crippen LogP contribution in [0.5, 0.6) is 6.01 Å². The highest BCUT2D eigenvalue weighted by atomic mass is 32.2. The number of nitrogens with one attached hydrogen (secondary N) is 1. The Labute approximate surface area is 182 Å². The Kier molecular flexibility index (Phi) is 5.98. The summed E-state index contributed by atoms with van der Waals surface area (Å²) in [6.07, 6.45) is -4.20. The monoisotopic (exact) mass is 466 g/mol. The lowest BCUT2D eigenvalue weighted by Crippen LogP contribution is -2.37. The van der Waals surface area contributed by atoms with Crippen LogP contribution in [0, 0.1) is 6.92 Å². The van der Waals surface area contributed by atoms with Crippen molar-refractivity contribution in [2.45, 2.75) is 36.4 Å². The van der Waals surface area contributed by atoms with Crippen molar-refractivity contribution in [3.8, 4) is 6.01 Å². The van der Waals surface area contributed by atoms with E-state index in [1.54, 1.807) is 12.1 Å².